The van der Waals surface area contributed by atoms with Gasteiger partial charge in [0.2, 0.25) is 11.8 Å². The maximum Gasteiger partial charge on any atom is 0.234 e. The topological polar surface area (TPSA) is 58.2 Å². The van der Waals surface area contributed by atoms with Crippen LogP contribution in [0.15, 0.2) is 18.2 Å². The highest BCUT2D eigenvalue weighted by Crippen LogP contribution is 2.25. The summed E-state index contributed by atoms with van der Waals surface area (Å²) >= 11 is 9.72. The lowest BCUT2D eigenvalue weighted by molar-refractivity contribution is -0.114. The van der Waals surface area contributed by atoms with E-state index >= 15 is 0 Å². The summed E-state index contributed by atoms with van der Waals surface area (Å²) in [5.41, 5.74) is 1.03. The number of carbonyl (C=O) groups excluding carboxylic acids is 2. The van der Waals surface area contributed by atoms with Crippen LogP contribution in [-0.2, 0) is 9.59 Å². The SMILES string of the molecule is CC(=O)Nc1ccc(Cl)c(NC(=O)CS)c1. The fraction of sp³-hybridized carbons (Fsp3) is 0.200. The zero-order valence-electron chi connectivity index (χ0n) is 8.58. The second-order valence-corrected chi connectivity index (χ2v) is 3.81. The molecule has 1 aromatic rings. The van der Waals surface area contributed by atoms with Gasteiger partial charge in [0.1, 0.15) is 0 Å². The van der Waals surface area contributed by atoms with Crippen LogP contribution in [-0.4, -0.2) is 17.6 Å². The number of rotatable bonds is 3. The summed E-state index contributed by atoms with van der Waals surface area (Å²) in [7, 11) is 0. The number of thiol groups is 1. The predicted molar refractivity (Wildman–Crippen MR) is 68.2 cm³/mol. The lowest BCUT2D eigenvalue weighted by atomic mass is 10.2. The highest BCUT2D eigenvalue weighted by Gasteiger charge is 2.06. The van der Waals surface area contributed by atoms with E-state index in [2.05, 4.69) is 23.3 Å². The van der Waals surface area contributed by atoms with Crippen LogP contribution in [0.3, 0.4) is 0 Å². The molecule has 0 aliphatic rings. The van der Waals surface area contributed by atoms with Gasteiger partial charge in [-0.3, -0.25) is 9.59 Å². The average Bonchev–Trinajstić information content (AvgIpc) is 2.22. The first-order chi connectivity index (χ1) is 7.52. The Morgan fingerprint density at radius 1 is 1.38 bits per heavy atom. The fourth-order valence-electron chi connectivity index (χ4n) is 1.09. The molecule has 0 bridgehead atoms. The van der Waals surface area contributed by atoms with E-state index in [9.17, 15) is 9.59 Å². The summed E-state index contributed by atoms with van der Waals surface area (Å²) in [5, 5.41) is 5.58. The number of hydrogen-bond donors (Lipinski definition) is 3. The first kappa shape index (κ1) is 12.9. The van der Waals surface area contributed by atoms with Crippen LogP contribution in [0.25, 0.3) is 0 Å². The maximum absolute atomic E-state index is 11.1. The number of anilines is 2. The average molecular weight is 259 g/mol. The number of amides is 2. The third kappa shape index (κ3) is 3.75. The highest BCUT2D eigenvalue weighted by atomic mass is 35.5. The molecular weight excluding hydrogens is 248 g/mol. The number of halogens is 1. The van der Waals surface area contributed by atoms with E-state index in [1.54, 1.807) is 18.2 Å². The van der Waals surface area contributed by atoms with Crippen LogP contribution in [0.5, 0.6) is 0 Å². The Kier molecular flexibility index (Phi) is 4.64. The van der Waals surface area contributed by atoms with E-state index in [0.29, 0.717) is 16.4 Å². The molecule has 0 saturated carbocycles. The first-order valence-electron chi connectivity index (χ1n) is 4.51. The molecule has 16 heavy (non-hydrogen) atoms. The molecule has 6 heteroatoms. The molecule has 0 aliphatic carbocycles. The van der Waals surface area contributed by atoms with Crippen molar-refractivity contribution in [3.63, 3.8) is 0 Å². The Hall–Kier alpha value is -1.20. The molecule has 0 radical (unpaired) electrons. The third-order valence-electron chi connectivity index (χ3n) is 1.70. The highest BCUT2D eigenvalue weighted by molar-refractivity contribution is 7.81. The van der Waals surface area contributed by atoms with Crippen LogP contribution in [0, 0.1) is 0 Å². The summed E-state index contributed by atoms with van der Waals surface area (Å²) in [6.45, 7) is 1.40. The van der Waals surface area contributed by atoms with Crippen molar-refractivity contribution >= 4 is 47.4 Å². The summed E-state index contributed by atoms with van der Waals surface area (Å²) < 4.78 is 0. The monoisotopic (exact) mass is 258 g/mol. The fourth-order valence-corrected chi connectivity index (χ4v) is 1.34. The Bertz CT molecular complexity index is 423. The van der Waals surface area contributed by atoms with Gasteiger partial charge in [0.25, 0.3) is 0 Å². The van der Waals surface area contributed by atoms with Gasteiger partial charge in [-0.25, -0.2) is 0 Å². The Balaban J connectivity index is 2.90. The number of carbonyl (C=O) groups is 2. The third-order valence-corrected chi connectivity index (χ3v) is 2.32. The Morgan fingerprint density at radius 2 is 2.06 bits per heavy atom. The van der Waals surface area contributed by atoms with E-state index in [-0.39, 0.29) is 17.6 Å². The van der Waals surface area contributed by atoms with Crippen LogP contribution in [0.1, 0.15) is 6.92 Å². The number of benzene rings is 1. The second kappa shape index (κ2) is 5.77. The maximum atomic E-state index is 11.1. The van der Waals surface area contributed by atoms with Gasteiger partial charge in [0.15, 0.2) is 0 Å². The molecule has 1 aromatic carbocycles. The molecule has 0 saturated heterocycles. The van der Waals surface area contributed by atoms with Crippen molar-refractivity contribution in [2.24, 2.45) is 0 Å². The molecule has 0 heterocycles. The van der Waals surface area contributed by atoms with Gasteiger partial charge in [-0.1, -0.05) is 11.6 Å². The lowest BCUT2D eigenvalue weighted by Crippen LogP contribution is -2.13. The van der Waals surface area contributed by atoms with Gasteiger partial charge in [-0.2, -0.15) is 12.6 Å². The molecule has 1 rings (SSSR count). The minimum Gasteiger partial charge on any atom is -0.326 e. The molecular formula is C10H11ClN2O2S. The van der Waals surface area contributed by atoms with E-state index in [1.165, 1.54) is 6.92 Å². The molecule has 2 amide bonds. The summed E-state index contributed by atoms with van der Waals surface area (Å²) in [4.78, 5) is 22.0. The van der Waals surface area contributed by atoms with E-state index in [4.69, 9.17) is 11.6 Å². The summed E-state index contributed by atoms with van der Waals surface area (Å²) in [6.07, 6.45) is 0. The van der Waals surface area contributed by atoms with Crippen LogP contribution in [0.2, 0.25) is 5.02 Å². The molecule has 4 nitrogen and oxygen atoms in total. The molecule has 86 valence electrons. The van der Waals surface area contributed by atoms with Crippen molar-refractivity contribution in [2.45, 2.75) is 6.92 Å². The zero-order chi connectivity index (χ0) is 12.1. The zero-order valence-corrected chi connectivity index (χ0v) is 10.2. The van der Waals surface area contributed by atoms with Crippen molar-refractivity contribution in [1.82, 2.24) is 0 Å². The second-order valence-electron chi connectivity index (χ2n) is 3.08. The van der Waals surface area contributed by atoms with Crippen LogP contribution in [0.4, 0.5) is 11.4 Å². The normalized spacial score (nSPS) is 9.69. The van der Waals surface area contributed by atoms with Crippen molar-refractivity contribution in [3.8, 4) is 0 Å². The molecule has 2 N–H and O–H groups in total. The minimum absolute atomic E-state index is 0.0701. The largest absolute Gasteiger partial charge is 0.326 e. The van der Waals surface area contributed by atoms with Gasteiger partial charge >= 0.3 is 0 Å². The lowest BCUT2D eigenvalue weighted by Gasteiger charge is -2.08. The Labute approximate surface area is 104 Å². The quantitative estimate of drug-likeness (QED) is 0.728. The van der Waals surface area contributed by atoms with Gasteiger partial charge in [-0.15, -0.1) is 0 Å². The van der Waals surface area contributed by atoms with E-state index in [0.717, 1.165) is 0 Å². The smallest absolute Gasteiger partial charge is 0.234 e. The summed E-state index contributed by atoms with van der Waals surface area (Å²) in [6, 6.07) is 4.84. The minimum atomic E-state index is -0.259. The van der Waals surface area contributed by atoms with Crippen molar-refractivity contribution in [2.75, 3.05) is 16.4 Å². The molecule has 0 atom stereocenters. The molecule has 0 fully saturated rings. The summed E-state index contributed by atoms with van der Waals surface area (Å²) in [5.74, 6) is -0.375. The van der Waals surface area contributed by atoms with Crippen molar-refractivity contribution in [1.29, 1.82) is 0 Å². The van der Waals surface area contributed by atoms with Crippen molar-refractivity contribution < 1.29 is 9.59 Å². The van der Waals surface area contributed by atoms with Crippen LogP contribution >= 0.6 is 24.2 Å². The van der Waals surface area contributed by atoms with Gasteiger partial charge in [0.05, 0.1) is 16.5 Å². The molecule has 0 unspecified atom stereocenters. The Morgan fingerprint density at radius 3 is 2.62 bits per heavy atom. The molecule has 0 aromatic heterocycles. The molecule has 0 aliphatic heterocycles. The predicted octanol–water partition coefficient (Wildman–Crippen LogP) is 2.17. The van der Waals surface area contributed by atoms with Gasteiger partial charge < -0.3 is 10.6 Å². The van der Waals surface area contributed by atoms with Gasteiger partial charge in [0, 0.05) is 12.6 Å². The van der Waals surface area contributed by atoms with Gasteiger partial charge in [-0.05, 0) is 18.2 Å². The standard InChI is InChI=1S/C10H11ClN2O2S/c1-6(14)12-7-2-3-8(11)9(4-7)13-10(15)5-16/h2-4,16H,5H2,1H3,(H,12,14)(H,13,15). The number of hydrogen-bond acceptors (Lipinski definition) is 3. The van der Waals surface area contributed by atoms with E-state index in [1.807, 2.05) is 0 Å². The molecule has 0 spiro atoms. The van der Waals surface area contributed by atoms with Crippen LogP contribution < -0.4 is 10.6 Å². The first-order valence-corrected chi connectivity index (χ1v) is 5.52. The number of nitrogens with one attached hydrogen (secondary N) is 2. The van der Waals surface area contributed by atoms with Crippen molar-refractivity contribution in [3.05, 3.63) is 23.2 Å². The van der Waals surface area contributed by atoms with E-state index < -0.39 is 0 Å².